The van der Waals surface area contributed by atoms with E-state index in [9.17, 15) is 4.39 Å². The van der Waals surface area contributed by atoms with Crippen LogP contribution in [0.2, 0.25) is 5.82 Å². The molecular formula is C15H19BBrFO2. The van der Waals surface area contributed by atoms with Gasteiger partial charge in [0, 0.05) is 10.3 Å². The SMILES string of the molecule is CC1(C)OB(C2CC2c2cc(Br)ccc2F)OC1(C)C. The molecule has 2 fully saturated rings. The highest BCUT2D eigenvalue weighted by Gasteiger charge is 2.60. The van der Waals surface area contributed by atoms with Crippen LogP contribution in [0.25, 0.3) is 0 Å². The molecule has 108 valence electrons. The van der Waals surface area contributed by atoms with Crippen LogP contribution in [0.15, 0.2) is 22.7 Å². The smallest absolute Gasteiger partial charge is 0.403 e. The van der Waals surface area contributed by atoms with Crippen LogP contribution in [-0.4, -0.2) is 18.3 Å². The van der Waals surface area contributed by atoms with Crippen LogP contribution in [0, 0.1) is 5.82 Å². The van der Waals surface area contributed by atoms with E-state index >= 15 is 0 Å². The lowest BCUT2D eigenvalue weighted by Gasteiger charge is -2.32. The molecule has 20 heavy (non-hydrogen) atoms. The zero-order valence-corrected chi connectivity index (χ0v) is 13.8. The minimum atomic E-state index is -0.319. The van der Waals surface area contributed by atoms with Gasteiger partial charge in [0.1, 0.15) is 5.82 Å². The number of hydrogen-bond donors (Lipinski definition) is 0. The van der Waals surface area contributed by atoms with Crippen molar-refractivity contribution in [3.05, 3.63) is 34.1 Å². The van der Waals surface area contributed by atoms with Gasteiger partial charge in [-0.15, -0.1) is 0 Å². The van der Waals surface area contributed by atoms with Crippen molar-refractivity contribution in [2.24, 2.45) is 0 Å². The molecule has 1 aliphatic heterocycles. The minimum Gasteiger partial charge on any atom is -0.403 e. The summed E-state index contributed by atoms with van der Waals surface area (Å²) in [6.07, 6.45) is 0.921. The third kappa shape index (κ3) is 2.34. The lowest BCUT2D eigenvalue weighted by molar-refractivity contribution is 0.00578. The fraction of sp³-hybridized carbons (Fsp3) is 0.600. The predicted molar refractivity (Wildman–Crippen MR) is 81.3 cm³/mol. The zero-order valence-electron chi connectivity index (χ0n) is 12.2. The van der Waals surface area contributed by atoms with Gasteiger partial charge in [0.05, 0.1) is 11.2 Å². The van der Waals surface area contributed by atoms with E-state index < -0.39 is 0 Å². The van der Waals surface area contributed by atoms with Gasteiger partial charge in [0.2, 0.25) is 0 Å². The van der Waals surface area contributed by atoms with Gasteiger partial charge in [0.25, 0.3) is 0 Å². The second kappa shape index (κ2) is 4.55. The van der Waals surface area contributed by atoms with Crippen molar-refractivity contribution >= 4 is 23.0 Å². The molecule has 1 aromatic rings. The molecule has 2 aliphatic rings. The van der Waals surface area contributed by atoms with Gasteiger partial charge in [-0.1, -0.05) is 15.9 Å². The summed E-state index contributed by atoms with van der Waals surface area (Å²) in [5.74, 6) is 0.305. The van der Waals surface area contributed by atoms with E-state index in [2.05, 4.69) is 15.9 Å². The van der Waals surface area contributed by atoms with Crippen LogP contribution >= 0.6 is 15.9 Å². The first-order valence-electron chi connectivity index (χ1n) is 7.02. The summed E-state index contributed by atoms with van der Waals surface area (Å²) in [6.45, 7) is 8.18. The van der Waals surface area contributed by atoms with Crippen LogP contribution < -0.4 is 0 Å². The van der Waals surface area contributed by atoms with Gasteiger partial charge < -0.3 is 9.31 Å². The normalized spacial score (nSPS) is 30.6. The number of hydrogen-bond acceptors (Lipinski definition) is 2. The molecule has 5 heteroatoms. The van der Waals surface area contributed by atoms with Crippen molar-refractivity contribution in [3.63, 3.8) is 0 Å². The standard InChI is InChI=1S/C15H19BBrFO2/c1-14(2)15(3,4)20-16(19-14)12-8-10(12)11-7-9(17)5-6-13(11)18/h5-7,10,12H,8H2,1-4H3. The average Bonchev–Trinajstić information content (AvgIpc) is 3.06. The molecule has 0 spiro atoms. The molecule has 2 nitrogen and oxygen atoms in total. The highest BCUT2D eigenvalue weighted by atomic mass is 79.9. The Balaban J connectivity index is 1.76. The second-order valence-electron chi connectivity index (χ2n) is 6.80. The summed E-state index contributed by atoms with van der Waals surface area (Å²) >= 11 is 3.40. The van der Waals surface area contributed by atoms with Crippen LogP contribution in [-0.2, 0) is 9.31 Å². The van der Waals surface area contributed by atoms with Crippen molar-refractivity contribution in [2.45, 2.75) is 57.1 Å². The Hall–Kier alpha value is -0.385. The zero-order chi connectivity index (χ0) is 14.7. The van der Waals surface area contributed by atoms with Crippen LogP contribution in [0.5, 0.6) is 0 Å². The molecule has 0 aromatic heterocycles. The van der Waals surface area contributed by atoms with Gasteiger partial charge in [0.15, 0.2) is 0 Å². The molecule has 2 atom stereocenters. The highest BCUT2D eigenvalue weighted by Crippen LogP contribution is 2.58. The highest BCUT2D eigenvalue weighted by molar-refractivity contribution is 9.10. The summed E-state index contributed by atoms with van der Waals surface area (Å²) in [4.78, 5) is 0. The maximum Gasteiger partial charge on any atom is 0.461 e. The maximum atomic E-state index is 13.9. The Morgan fingerprint density at radius 2 is 1.80 bits per heavy atom. The topological polar surface area (TPSA) is 18.5 Å². The Labute approximate surface area is 128 Å². The lowest BCUT2D eigenvalue weighted by Crippen LogP contribution is -2.41. The van der Waals surface area contributed by atoms with Crippen molar-refractivity contribution in [3.8, 4) is 0 Å². The predicted octanol–water partition coefficient (Wildman–Crippen LogP) is 4.54. The van der Waals surface area contributed by atoms with E-state index in [0.29, 0.717) is 0 Å². The van der Waals surface area contributed by atoms with Crippen molar-refractivity contribution in [1.82, 2.24) is 0 Å². The summed E-state index contributed by atoms with van der Waals surface area (Å²) in [7, 11) is -0.233. The Morgan fingerprint density at radius 3 is 2.40 bits per heavy atom. The van der Waals surface area contributed by atoms with Crippen LogP contribution in [0.1, 0.15) is 45.6 Å². The summed E-state index contributed by atoms with van der Waals surface area (Å²) < 4.78 is 26.9. The molecule has 0 N–H and O–H groups in total. The summed E-state index contributed by atoms with van der Waals surface area (Å²) in [5, 5.41) is 0. The molecule has 3 rings (SSSR count). The molecule has 1 aliphatic carbocycles. The van der Waals surface area contributed by atoms with E-state index in [1.54, 1.807) is 6.07 Å². The quantitative estimate of drug-likeness (QED) is 0.736. The molecular weight excluding hydrogens is 322 g/mol. The molecule has 1 saturated heterocycles. The first-order chi connectivity index (χ1) is 9.21. The molecule has 1 saturated carbocycles. The Bertz CT molecular complexity index is 531. The average molecular weight is 341 g/mol. The van der Waals surface area contributed by atoms with Crippen molar-refractivity contribution < 1.29 is 13.7 Å². The van der Waals surface area contributed by atoms with Gasteiger partial charge in [-0.2, -0.15) is 0 Å². The van der Waals surface area contributed by atoms with Gasteiger partial charge in [-0.05, 0) is 63.8 Å². The second-order valence-corrected chi connectivity index (χ2v) is 7.71. The van der Waals surface area contributed by atoms with E-state index in [-0.39, 0.29) is 35.9 Å². The fourth-order valence-corrected chi connectivity index (χ4v) is 3.11. The van der Waals surface area contributed by atoms with E-state index in [4.69, 9.17) is 9.31 Å². The Morgan fingerprint density at radius 1 is 1.20 bits per heavy atom. The number of halogens is 2. The largest absolute Gasteiger partial charge is 0.461 e. The van der Waals surface area contributed by atoms with E-state index in [1.807, 2.05) is 33.8 Å². The number of benzene rings is 1. The molecule has 0 amide bonds. The summed E-state index contributed by atoms with van der Waals surface area (Å²) in [6, 6.07) is 5.11. The van der Waals surface area contributed by atoms with Gasteiger partial charge in [-0.3, -0.25) is 0 Å². The molecule has 1 heterocycles. The number of rotatable bonds is 2. The molecule has 2 unspecified atom stereocenters. The first-order valence-corrected chi connectivity index (χ1v) is 7.81. The first kappa shape index (κ1) is 14.5. The minimum absolute atomic E-state index is 0.141. The van der Waals surface area contributed by atoms with E-state index in [0.717, 1.165) is 16.5 Å². The summed E-state index contributed by atoms with van der Waals surface area (Å²) in [5.41, 5.74) is 0.125. The Kier molecular flexibility index (Phi) is 3.31. The monoisotopic (exact) mass is 340 g/mol. The molecule has 1 aromatic carbocycles. The van der Waals surface area contributed by atoms with Crippen molar-refractivity contribution in [2.75, 3.05) is 0 Å². The molecule has 0 radical (unpaired) electrons. The maximum absolute atomic E-state index is 13.9. The van der Waals surface area contributed by atoms with Crippen molar-refractivity contribution in [1.29, 1.82) is 0 Å². The fourth-order valence-electron chi connectivity index (χ4n) is 2.74. The van der Waals surface area contributed by atoms with Crippen LogP contribution in [0.3, 0.4) is 0 Å². The third-order valence-corrected chi connectivity index (χ3v) is 5.31. The van der Waals surface area contributed by atoms with E-state index in [1.165, 1.54) is 6.07 Å². The van der Waals surface area contributed by atoms with Gasteiger partial charge in [-0.25, -0.2) is 4.39 Å². The lowest BCUT2D eigenvalue weighted by atomic mass is 9.79. The van der Waals surface area contributed by atoms with Crippen LogP contribution in [0.4, 0.5) is 4.39 Å². The molecule has 0 bridgehead atoms. The van der Waals surface area contributed by atoms with Gasteiger partial charge >= 0.3 is 7.12 Å². The third-order valence-electron chi connectivity index (χ3n) is 4.82.